The topological polar surface area (TPSA) is 38.3 Å². The first-order valence-corrected chi connectivity index (χ1v) is 9.09. The predicted molar refractivity (Wildman–Crippen MR) is 103 cm³/mol. The van der Waals surface area contributed by atoms with Gasteiger partial charge < -0.3 is 10.1 Å². The zero-order valence-corrected chi connectivity index (χ0v) is 14.5. The largest absolute Gasteiger partial charge is 0.457 e. The summed E-state index contributed by atoms with van der Waals surface area (Å²) < 4.78 is 5.74. The van der Waals surface area contributed by atoms with Crippen LogP contribution in [0.15, 0.2) is 89.8 Å². The van der Waals surface area contributed by atoms with Crippen LogP contribution in [0.4, 0.5) is 5.69 Å². The summed E-state index contributed by atoms with van der Waals surface area (Å²) in [4.78, 5) is 13.2. The number of thioether (sulfide) groups is 1. The van der Waals surface area contributed by atoms with E-state index in [0.29, 0.717) is 6.42 Å². The van der Waals surface area contributed by atoms with Crippen molar-refractivity contribution in [2.24, 2.45) is 0 Å². The number of hydrogen-bond acceptors (Lipinski definition) is 3. The summed E-state index contributed by atoms with van der Waals surface area (Å²) in [5, 5.41) is 2.91. The van der Waals surface area contributed by atoms with Crippen molar-refractivity contribution >= 4 is 23.4 Å². The molecule has 3 aromatic carbocycles. The summed E-state index contributed by atoms with van der Waals surface area (Å²) in [6.07, 6.45) is 0.474. The maximum Gasteiger partial charge on any atom is 0.225 e. The number of hydrogen-bond donors (Lipinski definition) is 1. The fourth-order valence-corrected chi connectivity index (χ4v) is 3.11. The van der Waals surface area contributed by atoms with Crippen LogP contribution in [-0.2, 0) is 4.79 Å². The second kappa shape index (κ2) is 8.94. The van der Waals surface area contributed by atoms with Crippen molar-refractivity contribution in [1.82, 2.24) is 0 Å². The molecule has 1 N–H and O–H groups in total. The molecule has 0 saturated heterocycles. The van der Waals surface area contributed by atoms with Crippen LogP contribution in [0, 0.1) is 0 Å². The summed E-state index contributed by atoms with van der Waals surface area (Å²) >= 11 is 1.68. The van der Waals surface area contributed by atoms with Gasteiger partial charge in [-0.05, 0) is 48.5 Å². The Morgan fingerprint density at radius 2 is 1.40 bits per heavy atom. The number of carbonyl (C=O) groups is 1. The van der Waals surface area contributed by atoms with Crippen molar-refractivity contribution in [2.45, 2.75) is 11.3 Å². The van der Waals surface area contributed by atoms with Gasteiger partial charge in [-0.1, -0.05) is 36.4 Å². The molecule has 0 radical (unpaired) electrons. The van der Waals surface area contributed by atoms with Crippen LogP contribution in [0.2, 0.25) is 0 Å². The van der Waals surface area contributed by atoms with Crippen LogP contribution in [0.3, 0.4) is 0 Å². The minimum atomic E-state index is 0.0140. The Labute approximate surface area is 152 Å². The van der Waals surface area contributed by atoms with Gasteiger partial charge in [0.1, 0.15) is 11.5 Å². The van der Waals surface area contributed by atoms with Crippen LogP contribution in [0.1, 0.15) is 6.42 Å². The number of anilines is 1. The summed E-state index contributed by atoms with van der Waals surface area (Å²) in [6, 6.07) is 27.1. The summed E-state index contributed by atoms with van der Waals surface area (Å²) in [5.41, 5.74) is 0.773. The highest BCUT2D eigenvalue weighted by molar-refractivity contribution is 7.99. The fraction of sp³-hybridized carbons (Fsp3) is 0.0952. The summed E-state index contributed by atoms with van der Waals surface area (Å²) in [6.45, 7) is 0. The molecule has 126 valence electrons. The lowest BCUT2D eigenvalue weighted by Gasteiger charge is -2.08. The van der Waals surface area contributed by atoms with Gasteiger partial charge in [-0.3, -0.25) is 4.79 Å². The number of amides is 1. The lowest BCUT2D eigenvalue weighted by Crippen LogP contribution is -2.11. The normalized spacial score (nSPS) is 10.2. The van der Waals surface area contributed by atoms with E-state index in [0.717, 1.165) is 22.9 Å². The minimum absolute atomic E-state index is 0.0140. The molecular formula is C21H19NO2S. The highest BCUT2D eigenvalue weighted by Crippen LogP contribution is 2.23. The van der Waals surface area contributed by atoms with Crippen molar-refractivity contribution in [3.63, 3.8) is 0 Å². The van der Waals surface area contributed by atoms with Crippen molar-refractivity contribution < 1.29 is 9.53 Å². The van der Waals surface area contributed by atoms with Crippen LogP contribution < -0.4 is 10.1 Å². The van der Waals surface area contributed by atoms with Crippen LogP contribution in [-0.4, -0.2) is 11.7 Å². The third-order valence-corrected chi connectivity index (χ3v) is 4.47. The number of carbonyl (C=O) groups excluding carboxylic acids is 1. The Morgan fingerprint density at radius 1 is 0.800 bits per heavy atom. The van der Waals surface area contributed by atoms with Gasteiger partial charge in [-0.2, -0.15) is 0 Å². The number of ether oxygens (including phenoxy) is 1. The number of rotatable bonds is 7. The summed E-state index contributed by atoms with van der Waals surface area (Å²) in [7, 11) is 0. The molecule has 3 nitrogen and oxygen atoms in total. The molecule has 25 heavy (non-hydrogen) atoms. The number of nitrogens with one attached hydrogen (secondary N) is 1. The third kappa shape index (κ3) is 5.69. The average molecular weight is 349 g/mol. The molecule has 3 aromatic rings. The number of para-hydroxylation sites is 1. The lowest BCUT2D eigenvalue weighted by atomic mass is 10.3. The quantitative estimate of drug-likeness (QED) is 0.564. The molecule has 3 rings (SSSR count). The van der Waals surface area contributed by atoms with Crippen molar-refractivity contribution in [3.8, 4) is 11.5 Å². The number of benzene rings is 3. The van der Waals surface area contributed by atoms with E-state index in [1.807, 2.05) is 84.9 Å². The first-order chi connectivity index (χ1) is 12.3. The Kier molecular flexibility index (Phi) is 6.12. The zero-order chi connectivity index (χ0) is 17.3. The molecule has 1 amide bonds. The van der Waals surface area contributed by atoms with E-state index >= 15 is 0 Å². The Morgan fingerprint density at radius 3 is 2.08 bits per heavy atom. The molecule has 0 bridgehead atoms. The van der Waals surface area contributed by atoms with Gasteiger partial charge in [0.2, 0.25) is 5.91 Å². The Balaban J connectivity index is 1.45. The minimum Gasteiger partial charge on any atom is -0.457 e. The van der Waals surface area contributed by atoms with E-state index in [4.69, 9.17) is 4.74 Å². The lowest BCUT2D eigenvalue weighted by molar-refractivity contribution is -0.115. The van der Waals surface area contributed by atoms with Gasteiger partial charge in [0, 0.05) is 22.8 Å². The third-order valence-electron chi connectivity index (χ3n) is 3.46. The molecule has 0 aromatic heterocycles. The van der Waals surface area contributed by atoms with E-state index in [2.05, 4.69) is 5.32 Å². The molecule has 4 heteroatoms. The van der Waals surface area contributed by atoms with Gasteiger partial charge in [0.15, 0.2) is 0 Å². The van der Waals surface area contributed by atoms with E-state index in [1.54, 1.807) is 11.8 Å². The summed E-state index contributed by atoms with van der Waals surface area (Å²) in [5.74, 6) is 2.30. The average Bonchev–Trinajstić information content (AvgIpc) is 2.65. The molecule has 0 fully saturated rings. The van der Waals surface area contributed by atoms with Crippen molar-refractivity contribution in [1.29, 1.82) is 0 Å². The smallest absolute Gasteiger partial charge is 0.225 e. The molecule has 0 saturated carbocycles. The fourth-order valence-electron chi connectivity index (χ4n) is 2.23. The maximum atomic E-state index is 12.0. The molecule has 0 atom stereocenters. The zero-order valence-electron chi connectivity index (χ0n) is 13.7. The van der Waals surface area contributed by atoms with E-state index in [9.17, 15) is 4.79 Å². The first kappa shape index (κ1) is 17.1. The van der Waals surface area contributed by atoms with Crippen LogP contribution in [0.25, 0.3) is 0 Å². The first-order valence-electron chi connectivity index (χ1n) is 8.10. The van der Waals surface area contributed by atoms with Crippen molar-refractivity contribution in [3.05, 3.63) is 84.9 Å². The molecule has 0 aliphatic carbocycles. The van der Waals surface area contributed by atoms with E-state index in [1.165, 1.54) is 4.90 Å². The molecule has 0 aliphatic heterocycles. The second-order valence-corrected chi connectivity index (χ2v) is 6.57. The predicted octanol–water partition coefficient (Wildman–Crippen LogP) is 5.60. The molecular weight excluding hydrogens is 330 g/mol. The highest BCUT2D eigenvalue weighted by Gasteiger charge is 2.04. The Hall–Kier alpha value is -2.72. The van der Waals surface area contributed by atoms with Gasteiger partial charge in [-0.25, -0.2) is 0 Å². The molecule has 0 heterocycles. The highest BCUT2D eigenvalue weighted by atomic mass is 32.2. The van der Waals surface area contributed by atoms with Crippen LogP contribution in [0.5, 0.6) is 11.5 Å². The molecule has 0 spiro atoms. The second-order valence-electron chi connectivity index (χ2n) is 5.40. The van der Waals surface area contributed by atoms with E-state index < -0.39 is 0 Å². The van der Waals surface area contributed by atoms with Crippen LogP contribution >= 0.6 is 11.8 Å². The van der Waals surface area contributed by atoms with E-state index in [-0.39, 0.29) is 5.91 Å². The van der Waals surface area contributed by atoms with Gasteiger partial charge in [0.25, 0.3) is 0 Å². The maximum absolute atomic E-state index is 12.0. The van der Waals surface area contributed by atoms with Gasteiger partial charge >= 0.3 is 0 Å². The standard InChI is InChI=1S/C21H19NO2S/c23-21(15-16-25-20-9-5-2-6-10-20)22-17-11-13-19(14-12-17)24-18-7-3-1-4-8-18/h1-14H,15-16H2,(H,22,23). The van der Waals surface area contributed by atoms with Crippen molar-refractivity contribution in [2.75, 3.05) is 11.1 Å². The Bertz CT molecular complexity index is 789. The molecule has 0 unspecified atom stereocenters. The molecule has 0 aliphatic rings. The van der Waals surface area contributed by atoms with Gasteiger partial charge in [0.05, 0.1) is 0 Å². The monoisotopic (exact) mass is 349 g/mol. The van der Waals surface area contributed by atoms with Gasteiger partial charge in [-0.15, -0.1) is 11.8 Å². The SMILES string of the molecule is O=C(CCSc1ccccc1)Nc1ccc(Oc2ccccc2)cc1.